The Hall–Kier alpha value is -3.39. The number of esters is 1. The van der Waals surface area contributed by atoms with Crippen molar-refractivity contribution in [1.29, 1.82) is 0 Å². The van der Waals surface area contributed by atoms with Crippen LogP contribution in [-0.4, -0.2) is 25.6 Å². The molecule has 0 saturated heterocycles. The van der Waals surface area contributed by atoms with Gasteiger partial charge >= 0.3 is 11.6 Å². The summed E-state index contributed by atoms with van der Waals surface area (Å²) in [6.07, 6.45) is 0. The predicted molar refractivity (Wildman–Crippen MR) is 99.4 cm³/mol. The molecule has 3 rings (SSSR count). The quantitative estimate of drug-likeness (QED) is 0.516. The standard InChI is InChI=1S/C19H13ClFNO6/c1-26-15-4-2-3-10-7-12(19(25)28-17(10)15)18(24)27-9-16(23)22-14-6-5-11(20)8-13(14)21/h2-8H,9H2,1H3,(H,22,23). The second-order valence-corrected chi connectivity index (χ2v) is 6.01. The highest BCUT2D eigenvalue weighted by Gasteiger charge is 2.18. The SMILES string of the molecule is COc1cccc2cc(C(=O)OCC(=O)Nc3ccc(Cl)cc3F)c(=O)oc12. The van der Waals surface area contributed by atoms with Crippen molar-refractivity contribution in [3.63, 3.8) is 0 Å². The molecule has 0 radical (unpaired) electrons. The third-order valence-electron chi connectivity index (χ3n) is 3.70. The summed E-state index contributed by atoms with van der Waals surface area (Å²) in [4.78, 5) is 36.1. The first-order chi connectivity index (χ1) is 13.4. The normalized spacial score (nSPS) is 10.5. The second kappa shape index (κ2) is 8.10. The smallest absolute Gasteiger partial charge is 0.351 e. The highest BCUT2D eigenvalue weighted by Crippen LogP contribution is 2.24. The summed E-state index contributed by atoms with van der Waals surface area (Å²) < 4.78 is 28.7. The van der Waals surface area contributed by atoms with Gasteiger partial charge in [-0.1, -0.05) is 23.7 Å². The van der Waals surface area contributed by atoms with Crippen molar-refractivity contribution < 1.29 is 27.9 Å². The first kappa shape index (κ1) is 19.4. The molecular weight excluding hydrogens is 393 g/mol. The number of hydrogen-bond donors (Lipinski definition) is 1. The molecule has 9 heteroatoms. The molecule has 1 aromatic heterocycles. The molecule has 144 valence electrons. The van der Waals surface area contributed by atoms with E-state index in [0.717, 1.165) is 6.07 Å². The summed E-state index contributed by atoms with van der Waals surface area (Å²) in [7, 11) is 1.42. The number of rotatable bonds is 5. The Kier molecular flexibility index (Phi) is 5.60. The van der Waals surface area contributed by atoms with Crippen molar-refractivity contribution in [2.45, 2.75) is 0 Å². The summed E-state index contributed by atoms with van der Waals surface area (Å²) in [5, 5.41) is 2.85. The summed E-state index contributed by atoms with van der Waals surface area (Å²) in [6, 6.07) is 9.84. The lowest BCUT2D eigenvalue weighted by Crippen LogP contribution is -2.24. The van der Waals surface area contributed by atoms with Gasteiger partial charge in [0.25, 0.3) is 5.91 Å². The van der Waals surface area contributed by atoms with Crippen LogP contribution >= 0.6 is 11.6 Å². The Bertz CT molecular complexity index is 1130. The topological polar surface area (TPSA) is 94.8 Å². The monoisotopic (exact) mass is 405 g/mol. The zero-order valence-corrected chi connectivity index (χ0v) is 15.2. The maximum atomic E-state index is 13.7. The van der Waals surface area contributed by atoms with Crippen LogP contribution in [0.4, 0.5) is 10.1 Å². The van der Waals surface area contributed by atoms with E-state index in [1.807, 2.05) is 0 Å². The van der Waals surface area contributed by atoms with Crippen molar-refractivity contribution in [3.8, 4) is 5.75 Å². The van der Waals surface area contributed by atoms with Gasteiger partial charge in [-0.15, -0.1) is 0 Å². The first-order valence-corrected chi connectivity index (χ1v) is 8.29. The fourth-order valence-corrected chi connectivity index (χ4v) is 2.57. The van der Waals surface area contributed by atoms with E-state index >= 15 is 0 Å². The van der Waals surface area contributed by atoms with E-state index in [1.54, 1.807) is 18.2 Å². The lowest BCUT2D eigenvalue weighted by atomic mass is 10.2. The Labute approximate surface area is 162 Å². The molecule has 1 N–H and O–H groups in total. The number of methoxy groups -OCH3 is 1. The van der Waals surface area contributed by atoms with Crippen LogP contribution in [0.5, 0.6) is 5.75 Å². The van der Waals surface area contributed by atoms with E-state index < -0.39 is 29.9 Å². The molecular formula is C19H13ClFNO6. The van der Waals surface area contributed by atoms with Crippen molar-refractivity contribution in [3.05, 3.63) is 69.3 Å². The van der Waals surface area contributed by atoms with Gasteiger partial charge in [0.2, 0.25) is 0 Å². The molecule has 0 spiro atoms. The van der Waals surface area contributed by atoms with Gasteiger partial charge in [0.1, 0.15) is 11.4 Å². The van der Waals surface area contributed by atoms with Gasteiger partial charge in [-0.2, -0.15) is 0 Å². The van der Waals surface area contributed by atoms with Crippen molar-refractivity contribution in [2.24, 2.45) is 0 Å². The molecule has 2 aromatic carbocycles. The number of carbonyl (C=O) groups excluding carboxylic acids is 2. The lowest BCUT2D eigenvalue weighted by Gasteiger charge is -2.08. The first-order valence-electron chi connectivity index (χ1n) is 7.92. The molecule has 0 saturated carbocycles. The maximum absolute atomic E-state index is 13.7. The molecule has 1 amide bonds. The lowest BCUT2D eigenvalue weighted by molar-refractivity contribution is -0.119. The van der Waals surface area contributed by atoms with Crippen LogP contribution in [0.25, 0.3) is 11.0 Å². The van der Waals surface area contributed by atoms with Crippen LogP contribution in [0, 0.1) is 5.82 Å². The summed E-state index contributed by atoms with van der Waals surface area (Å²) in [5.74, 6) is -2.25. The minimum Gasteiger partial charge on any atom is -0.493 e. The minimum absolute atomic E-state index is 0.122. The molecule has 0 bridgehead atoms. The molecule has 7 nitrogen and oxygen atoms in total. The molecule has 0 unspecified atom stereocenters. The summed E-state index contributed by atoms with van der Waals surface area (Å²) in [5.41, 5.74) is -1.26. The van der Waals surface area contributed by atoms with Gasteiger partial charge < -0.3 is 19.2 Å². The van der Waals surface area contributed by atoms with Crippen LogP contribution in [0.15, 0.2) is 51.7 Å². The van der Waals surface area contributed by atoms with E-state index in [9.17, 15) is 18.8 Å². The molecule has 0 fully saturated rings. The number of para-hydroxylation sites is 1. The Morgan fingerprint density at radius 2 is 2.00 bits per heavy atom. The van der Waals surface area contributed by atoms with Gasteiger partial charge in [-0.3, -0.25) is 4.79 Å². The van der Waals surface area contributed by atoms with E-state index in [2.05, 4.69) is 5.32 Å². The highest BCUT2D eigenvalue weighted by molar-refractivity contribution is 6.30. The van der Waals surface area contributed by atoms with Gasteiger partial charge in [-0.05, 0) is 30.3 Å². The van der Waals surface area contributed by atoms with E-state index in [0.29, 0.717) is 11.1 Å². The number of hydrogen-bond acceptors (Lipinski definition) is 6. The van der Waals surface area contributed by atoms with Gasteiger partial charge in [-0.25, -0.2) is 14.0 Å². The maximum Gasteiger partial charge on any atom is 0.351 e. The van der Waals surface area contributed by atoms with E-state index in [1.165, 1.54) is 25.3 Å². The third kappa shape index (κ3) is 4.12. The number of benzene rings is 2. The number of carbonyl (C=O) groups is 2. The summed E-state index contributed by atoms with van der Waals surface area (Å²) >= 11 is 5.63. The molecule has 0 aliphatic rings. The third-order valence-corrected chi connectivity index (χ3v) is 3.94. The number of ether oxygens (including phenoxy) is 2. The molecule has 1 heterocycles. The fraction of sp³-hybridized carbons (Fsp3) is 0.105. The second-order valence-electron chi connectivity index (χ2n) is 5.57. The van der Waals surface area contributed by atoms with Crippen molar-refractivity contribution in [2.75, 3.05) is 19.0 Å². The molecule has 3 aromatic rings. The van der Waals surface area contributed by atoms with Crippen LogP contribution in [0.1, 0.15) is 10.4 Å². The number of anilines is 1. The van der Waals surface area contributed by atoms with Crippen molar-refractivity contribution >= 4 is 40.1 Å². The van der Waals surface area contributed by atoms with Gasteiger partial charge in [0, 0.05) is 10.4 Å². The van der Waals surface area contributed by atoms with Crippen LogP contribution in [0.3, 0.4) is 0 Å². The average Bonchev–Trinajstić information content (AvgIpc) is 2.67. The van der Waals surface area contributed by atoms with Crippen LogP contribution in [0.2, 0.25) is 5.02 Å². The zero-order valence-electron chi connectivity index (χ0n) is 14.5. The minimum atomic E-state index is -1.05. The number of nitrogens with one attached hydrogen (secondary N) is 1. The largest absolute Gasteiger partial charge is 0.493 e. The number of amides is 1. The van der Waals surface area contributed by atoms with E-state index in [-0.39, 0.29) is 21.9 Å². The van der Waals surface area contributed by atoms with Gasteiger partial charge in [0.05, 0.1) is 12.8 Å². The number of fused-ring (bicyclic) bond motifs is 1. The van der Waals surface area contributed by atoms with Gasteiger partial charge in [0.15, 0.2) is 17.9 Å². The number of halogens is 2. The molecule has 0 aliphatic heterocycles. The summed E-state index contributed by atoms with van der Waals surface area (Å²) in [6.45, 7) is -0.726. The Morgan fingerprint density at radius 3 is 2.71 bits per heavy atom. The van der Waals surface area contributed by atoms with Crippen LogP contribution < -0.4 is 15.7 Å². The average molecular weight is 406 g/mol. The highest BCUT2D eigenvalue weighted by atomic mass is 35.5. The molecule has 0 atom stereocenters. The van der Waals surface area contributed by atoms with Crippen molar-refractivity contribution in [1.82, 2.24) is 0 Å². The predicted octanol–water partition coefficient (Wildman–Crippen LogP) is 3.39. The molecule has 28 heavy (non-hydrogen) atoms. The Balaban J connectivity index is 1.71. The van der Waals surface area contributed by atoms with E-state index in [4.69, 9.17) is 25.5 Å². The zero-order chi connectivity index (χ0) is 20.3. The molecule has 0 aliphatic carbocycles. The fourth-order valence-electron chi connectivity index (χ4n) is 2.41. The Morgan fingerprint density at radius 1 is 1.21 bits per heavy atom. The van der Waals surface area contributed by atoms with Crippen LogP contribution in [-0.2, 0) is 9.53 Å².